The number of sulfonamides is 1. The summed E-state index contributed by atoms with van der Waals surface area (Å²) < 4.78 is 65.6. The van der Waals surface area contributed by atoms with Gasteiger partial charge in [-0.05, 0) is 37.1 Å². The fraction of sp³-hybridized carbons (Fsp3) is 0.444. The SMILES string of the molecule is Cc1ccc(S(=O)(=O)NCCC(=O)N(C)Cc2nccn2CC(F)(F)F)cc1C. The van der Waals surface area contributed by atoms with Crippen molar-refractivity contribution in [3.8, 4) is 0 Å². The van der Waals surface area contributed by atoms with Crippen molar-refractivity contribution < 1.29 is 26.4 Å². The molecule has 0 aliphatic rings. The molecule has 0 aliphatic carbocycles. The minimum Gasteiger partial charge on any atom is -0.338 e. The molecular weight excluding hydrogens is 409 g/mol. The number of hydrogen-bond donors (Lipinski definition) is 1. The van der Waals surface area contributed by atoms with E-state index in [1.165, 1.54) is 30.4 Å². The Kier molecular flexibility index (Phi) is 7.06. The van der Waals surface area contributed by atoms with E-state index in [-0.39, 0.29) is 30.2 Å². The Morgan fingerprint density at radius 1 is 1.24 bits per heavy atom. The second kappa shape index (κ2) is 8.95. The van der Waals surface area contributed by atoms with Crippen LogP contribution in [0.4, 0.5) is 13.2 Å². The lowest BCUT2D eigenvalue weighted by Crippen LogP contribution is -2.33. The number of carbonyl (C=O) groups is 1. The number of hydrogen-bond acceptors (Lipinski definition) is 4. The monoisotopic (exact) mass is 432 g/mol. The third-order valence-electron chi connectivity index (χ3n) is 4.38. The summed E-state index contributed by atoms with van der Waals surface area (Å²) in [5.41, 5.74) is 1.79. The van der Waals surface area contributed by atoms with Crippen LogP contribution in [0, 0.1) is 13.8 Å². The third-order valence-corrected chi connectivity index (χ3v) is 5.83. The van der Waals surface area contributed by atoms with Crippen molar-refractivity contribution in [2.45, 2.75) is 44.4 Å². The average molecular weight is 432 g/mol. The molecule has 1 amide bonds. The van der Waals surface area contributed by atoms with Gasteiger partial charge in [-0.3, -0.25) is 4.79 Å². The molecule has 1 N–H and O–H groups in total. The zero-order valence-electron chi connectivity index (χ0n) is 16.3. The maximum Gasteiger partial charge on any atom is 0.406 e. The first-order valence-electron chi connectivity index (χ1n) is 8.77. The van der Waals surface area contributed by atoms with Crippen molar-refractivity contribution >= 4 is 15.9 Å². The van der Waals surface area contributed by atoms with Gasteiger partial charge in [-0.2, -0.15) is 13.2 Å². The lowest BCUT2D eigenvalue weighted by Gasteiger charge is -2.18. The summed E-state index contributed by atoms with van der Waals surface area (Å²) in [7, 11) is -2.34. The van der Waals surface area contributed by atoms with E-state index < -0.39 is 28.7 Å². The van der Waals surface area contributed by atoms with Crippen molar-refractivity contribution in [3.63, 3.8) is 0 Å². The van der Waals surface area contributed by atoms with Crippen LogP contribution in [0.25, 0.3) is 0 Å². The van der Waals surface area contributed by atoms with E-state index in [0.717, 1.165) is 15.7 Å². The molecule has 29 heavy (non-hydrogen) atoms. The Balaban J connectivity index is 1.91. The molecule has 0 fully saturated rings. The first-order chi connectivity index (χ1) is 13.4. The number of halogens is 3. The van der Waals surface area contributed by atoms with Gasteiger partial charge in [0, 0.05) is 32.4 Å². The topological polar surface area (TPSA) is 84.3 Å². The number of aromatic nitrogens is 2. The van der Waals surface area contributed by atoms with Gasteiger partial charge in [0.05, 0.1) is 11.4 Å². The lowest BCUT2D eigenvalue weighted by atomic mass is 10.1. The Morgan fingerprint density at radius 2 is 1.93 bits per heavy atom. The summed E-state index contributed by atoms with van der Waals surface area (Å²) in [5, 5.41) is 0. The number of carbonyl (C=O) groups excluding carboxylic acids is 1. The zero-order valence-corrected chi connectivity index (χ0v) is 17.1. The number of rotatable bonds is 8. The molecule has 11 heteroatoms. The van der Waals surface area contributed by atoms with Crippen LogP contribution in [-0.4, -0.2) is 48.5 Å². The summed E-state index contributed by atoms with van der Waals surface area (Å²) >= 11 is 0. The number of imidazole rings is 1. The highest BCUT2D eigenvalue weighted by atomic mass is 32.2. The van der Waals surface area contributed by atoms with Gasteiger partial charge in [0.25, 0.3) is 0 Å². The van der Waals surface area contributed by atoms with Gasteiger partial charge in [-0.1, -0.05) is 6.07 Å². The van der Waals surface area contributed by atoms with E-state index in [2.05, 4.69) is 9.71 Å². The Labute approximate surface area is 167 Å². The summed E-state index contributed by atoms with van der Waals surface area (Å²) in [6.07, 6.45) is -2.11. The molecule has 2 aromatic rings. The predicted octanol–water partition coefficient (Wildman–Crippen LogP) is 2.39. The zero-order chi connectivity index (χ0) is 21.8. The highest BCUT2D eigenvalue weighted by Crippen LogP contribution is 2.19. The Bertz CT molecular complexity index is 971. The molecular formula is C18H23F3N4O3S. The van der Waals surface area contributed by atoms with Crippen molar-refractivity contribution in [1.82, 2.24) is 19.2 Å². The summed E-state index contributed by atoms with van der Waals surface area (Å²) in [6.45, 7) is 2.23. The normalized spacial score (nSPS) is 12.2. The number of alkyl halides is 3. The quantitative estimate of drug-likeness (QED) is 0.694. The molecule has 1 aromatic carbocycles. The van der Waals surface area contributed by atoms with Crippen LogP contribution in [-0.2, 0) is 27.9 Å². The van der Waals surface area contributed by atoms with Gasteiger partial charge >= 0.3 is 6.18 Å². The minimum atomic E-state index is -4.40. The fourth-order valence-corrected chi connectivity index (χ4v) is 3.69. The number of benzene rings is 1. The number of nitrogens with one attached hydrogen (secondary N) is 1. The molecule has 1 heterocycles. The van der Waals surface area contributed by atoms with Crippen LogP contribution in [0.2, 0.25) is 0 Å². The fourth-order valence-electron chi connectivity index (χ4n) is 2.58. The molecule has 0 saturated heterocycles. The van der Waals surface area contributed by atoms with Crippen molar-refractivity contribution in [2.75, 3.05) is 13.6 Å². The average Bonchev–Trinajstić information content (AvgIpc) is 3.01. The van der Waals surface area contributed by atoms with Crippen LogP contribution in [0.1, 0.15) is 23.4 Å². The molecule has 7 nitrogen and oxygen atoms in total. The highest BCUT2D eigenvalue weighted by molar-refractivity contribution is 7.89. The van der Waals surface area contributed by atoms with Crippen LogP contribution in [0.15, 0.2) is 35.5 Å². The van der Waals surface area contributed by atoms with E-state index in [4.69, 9.17) is 0 Å². The van der Waals surface area contributed by atoms with Crippen LogP contribution < -0.4 is 4.72 Å². The summed E-state index contributed by atoms with van der Waals surface area (Å²) in [5.74, 6) is -0.330. The van der Waals surface area contributed by atoms with Crippen molar-refractivity contribution in [1.29, 1.82) is 0 Å². The maximum absolute atomic E-state index is 12.6. The van der Waals surface area contributed by atoms with Crippen LogP contribution in [0.5, 0.6) is 0 Å². The summed E-state index contributed by atoms with van der Waals surface area (Å²) in [4.78, 5) is 17.4. The van der Waals surface area contributed by atoms with Gasteiger partial charge in [-0.15, -0.1) is 0 Å². The summed E-state index contributed by atoms with van der Waals surface area (Å²) in [6, 6.07) is 4.73. The minimum absolute atomic E-state index is 0.0916. The van der Waals surface area contributed by atoms with Crippen LogP contribution in [0.3, 0.4) is 0 Å². The molecule has 0 spiro atoms. The van der Waals surface area contributed by atoms with E-state index in [9.17, 15) is 26.4 Å². The Morgan fingerprint density at radius 3 is 2.55 bits per heavy atom. The molecule has 160 valence electrons. The largest absolute Gasteiger partial charge is 0.406 e. The van der Waals surface area contributed by atoms with Gasteiger partial charge in [0.1, 0.15) is 12.4 Å². The van der Waals surface area contributed by atoms with Crippen molar-refractivity contribution in [3.05, 3.63) is 47.5 Å². The van der Waals surface area contributed by atoms with Gasteiger partial charge in [-0.25, -0.2) is 18.1 Å². The maximum atomic E-state index is 12.6. The molecule has 1 aromatic heterocycles. The van der Waals surface area contributed by atoms with E-state index in [1.54, 1.807) is 19.1 Å². The molecule has 0 bridgehead atoms. The third kappa shape index (κ3) is 6.57. The molecule has 0 unspecified atom stereocenters. The number of amides is 1. The van der Waals surface area contributed by atoms with Crippen molar-refractivity contribution in [2.24, 2.45) is 0 Å². The van der Waals surface area contributed by atoms with Gasteiger partial charge in [0.15, 0.2) is 0 Å². The second-order valence-electron chi connectivity index (χ2n) is 6.73. The predicted molar refractivity (Wildman–Crippen MR) is 100 cm³/mol. The Hall–Kier alpha value is -2.40. The second-order valence-corrected chi connectivity index (χ2v) is 8.50. The smallest absolute Gasteiger partial charge is 0.338 e. The number of nitrogens with zero attached hydrogens (tertiary/aromatic N) is 3. The van der Waals surface area contributed by atoms with E-state index in [0.29, 0.717) is 0 Å². The molecule has 0 aliphatic heterocycles. The first-order valence-corrected chi connectivity index (χ1v) is 10.2. The van der Waals surface area contributed by atoms with Gasteiger partial charge in [0.2, 0.25) is 15.9 Å². The lowest BCUT2D eigenvalue weighted by molar-refractivity contribution is -0.141. The first kappa shape index (κ1) is 22.9. The van der Waals surface area contributed by atoms with E-state index in [1.807, 2.05) is 6.92 Å². The standard InChI is InChI=1S/C18H23F3N4O3S/c1-13-4-5-15(10-14(13)2)29(27,28)23-7-6-17(26)24(3)11-16-22-8-9-25(16)12-18(19,20)21/h4-5,8-10,23H,6-7,11-12H2,1-3H3. The van der Waals surface area contributed by atoms with Crippen LogP contribution >= 0.6 is 0 Å². The highest BCUT2D eigenvalue weighted by Gasteiger charge is 2.29. The molecule has 0 saturated carbocycles. The number of aryl methyl sites for hydroxylation is 2. The molecule has 2 rings (SSSR count). The van der Waals surface area contributed by atoms with E-state index >= 15 is 0 Å². The molecule has 0 radical (unpaired) electrons. The molecule has 0 atom stereocenters. The van der Waals surface area contributed by atoms with Gasteiger partial charge < -0.3 is 9.47 Å².